The Morgan fingerprint density at radius 2 is 2.33 bits per heavy atom. The van der Waals surface area contributed by atoms with Gasteiger partial charge in [0.15, 0.2) is 10.6 Å². The van der Waals surface area contributed by atoms with E-state index in [2.05, 4.69) is 15.0 Å². The number of allylic oxidation sites excluding steroid dienone is 1. The molecule has 0 amide bonds. The molecule has 0 atom stereocenters. The summed E-state index contributed by atoms with van der Waals surface area (Å²) < 4.78 is 1.98. The second-order valence-corrected chi connectivity index (χ2v) is 4.35. The number of imidazole rings is 1. The lowest BCUT2D eigenvalue weighted by atomic mass is 10.1. The van der Waals surface area contributed by atoms with Gasteiger partial charge in [-0.1, -0.05) is 0 Å². The molecule has 1 aliphatic rings. The molecule has 90 valence electrons. The number of aromatic hydroxyl groups is 1. The van der Waals surface area contributed by atoms with Crippen molar-refractivity contribution in [1.82, 2.24) is 14.5 Å². The standard InChI is InChI=1S/C12H10N4OS/c1-16-11(17)9(15-12(16)18)5-7-6-14-10-8(7)3-2-4-13-10/h2-6,17H,1H3,(H,15,18). The van der Waals surface area contributed by atoms with E-state index in [0.29, 0.717) is 16.3 Å². The number of H-pyrrole nitrogens is 1. The van der Waals surface area contributed by atoms with Gasteiger partial charge in [-0.25, -0.2) is 9.98 Å². The van der Waals surface area contributed by atoms with Gasteiger partial charge in [-0.2, -0.15) is 0 Å². The Labute approximate surface area is 108 Å². The highest BCUT2D eigenvalue weighted by atomic mass is 32.1. The Bertz CT molecular complexity index is 739. The van der Waals surface area contributed by atoms with Gasteiger partial charge in [0, 0.05) is 30.6 Å². The Hall–Kier alpha value is -2.21. The van der Waals surface area contributed by atoms with Crippen molar-refractivity contribution >= 4 is 35.9 Å². The van der Waals surface area contributed by atoms with Gasteiger partial charge in [-0.3, -0.25) is 4.57 Å². The number of rotatable bonds is 1. The van der Waals surface area contributed by atoms with Crippen LogP contribution in [0.25, 0.3) is 11.6 Å². The van der Waals surface area contributed by atoms with Crippen LogP contribution >= 0.6 is 12.2 Å². The number of aromatic nitrogens is 3. The van der Waals surface area contributed by atoms with Crippen LogP contribution in [-0.4, -0.2) is 25.9 Å². The third kappa shape index (κ3) is 1.58. The maximum Gasteiger partial charge on any atom is 0.217 e. The van der Waals surface area contributed by atoms with Crippen LogP contribution in [0, 0.1) is 4.77 Å². The molecule has 3 rings (SSSR count). The van der Waals surface area contributed by atoms with Gasteiger partial charge >= 0.3 is 0 Å². The van der Waals surface area contributed by atoms with Crippen molar-refractivity contribution in [3.8, 4) is 5.88 Å². The zero-order valence-electron chi connectivity index (χ0n) is 9.58. The summed E-state index contributed by atoms with van der Waals surface area (Å²) >= 11 is 5.05. The molecule has 2 N–H and O–H groups in total. The average Bonchev–Trinajstić information content (AvgIpc) is 2.89. The number of aromatic amines is 1. The third-order valence-corrected chi connectivity index (χ3v) is 3.20. The van der Waals surface area contributed by atoms with E-state index in [0.717, 1.165) is 11.1 Å². The number of nitrogens with one attached hydrogen (secondary N) is 1. The minimum Gasteiger partial charge on any atom is -0.493 e. The quantitative estimate of drug-likeness (QED) is 0.772. The molecule has 0 saturated carbocycles. The number of pyridine rings is 1. The predicted molar refractivity (Wildman–Crippen MR) is 72.5 cm³/mol. The summed E-state index contributed by atoms with van der Waals surface area (Å²) in [5.41, 5.74) is 2.41. The largest absolute Gasteiger partial charge is 0.493 e. The summed E-state index contributed by atoms with van der Waals surface area (Å²) in [6, 6.07) is 3.80. The molecular formula is C12H10N4OS. The Kier molecular flexibility index (Phi) is 2.38. The lowest BCUT2D eigenvalue weighted by Gasteiger charge is -1.98. The lowest BCUT2D eigenvalue weighted by Crippen LogP contribution is -1.85. The van der Waals surface area contributed by atoms with Gasteiger partial charge in [0.25, 0.3) is 0 Å². The highest BCUT2D eigenvalue weighted by molar-refractivity contribution is 7.71. The van der Waals surface area contributed by atoms with E-state index in [1.807, 2.05) is 18.2 Å². The zero-order chi connectivity index (χ0) is 12.7. The molecule has 6 heteroatoms. The maximum atomic E-state index is 9.89. The summed E-state index contributed by atoms with van der Waals surface area (Å²) in [7, 11) is 1.70. The van der Waals surface area contributed by atoms with Crippen LogP contribution in [0.15, 0.2) is 23.3 Å². The Balaban J connectivity index is 2.12. The highest BCUT2D eigenvalue weighted by Gasteiger charge is 2.14. The first-order valence-corrected chi connectivity index (χ1v) is 5.77. The number of aliphatic imine (C=N–C) groups is 1. The van der Waals surface area contributed by atoms with Crippen molar-refractivity contribution in [3.05, 3.63) is 34.4 Å². The molecule has 2 aromatic heterocycles. The molecule has 0 radical (unpaired) electrons. The first kappa shape index (κ1) is 10.9. The fourth-order valence-corrected chi connectivity index (χ4v) is 2.02. The second-order valence-electron chi connectivity index (χ2n) is 3.96. The van der Waals surface area contributed by atoms with Crippen LogP contribution < -0.4 is 0 Å². The van der Waals surface area contributed by atoms with Crippen molar-refractivity contribution in [2.45, 2.75) is 0 Å². The summed E-state index contributed by atoms with van der Waals surface area (Å²) in [4.78, 5) is 11.3. The molecular weight excluding hydrogens is 248 g/mol. The summed E-state index contributed by atoms with van der Waals surface area (Å²) in [6.45, 7) is 0. The first-order valence-electron chi connectivity index (χ1n) is 5.36. The summed E-state index contributed by atoms with van der Waals surface area (Å²) in [6.07, 6.45) is 5.23. The van der Waals surface area contributed by atoms with E-state index < -0.39 is 0 Å². The van der Waals surface area contributed by atoms with E-state index in [-0.39, 0.29) is 5.88 Å². The second kappa shape index (κ2) is 3.92. The normalized spacial score (nSPS) is 15.3. The minimum absolute atomic E-state index is 0.109. The Morgan fingerprint density at radius 3 is 3.06 bits per heavy atom. The van der Waals surface area contributed by atoms with Crippen molar-refractivity contribution in [3.63, 3.8) is 0 Å². The van der Waals surface area contributed by atoms with Crippen LogP contribution in [0.3, 0.4) is 0 Å². The smallest absolute Gasteiger partial charge is 0.217 e. The molecule has 0 spiro atoms. The molecule has 2 aromatic rings. The van der Waals surface area contributed by atoms with Gasteiger partial charge in [0.1, 0.15) is 5.69 Å². The maximum absolute atomic E-state index is 9.89. The topological polar surface area (TPSA) is 66.2 Å². The zero-order valence-corrected chi connectivity index (χ0v) is 10.4. The summed E-state index contributed by atoms with van der Waals surface area (Å²) in [5.74, 6) is 0.802. The van der Waals surface area contributed by atoms with Crippen LogP contribution in [0.5, 0.6) is 5.88 Å². The molecule has 5 nitrogen and oxygen atoms in total. The third-order valence-electron chi connectivity index (χ3n) is 2.83. The van der Waals surface area contributed by atoms with Crippen LogP contribution in [0.4, 0.5) is 5.82 Å². The van der Waals surface area contributed by atoms with Crippen molar-refractivity contribution in [2.24, 2.45) is 12.0 Å². The highest BCUT2D eigenvalue weighted by Crippen LogP contribution is 2.31. The Morgan fingerprint density at radius 1 is 1.50 bits per heavy atom. The van der Waals surface area contributed by atoms with E-state index in [9.17, 15) is 5.11 Å². The van der Waals surface area contributed by atoms with E-state index in [4.69, 9.17) is 12.2 Å². The molecule has 0 fully saturated rings. The van der Waals surface area contributed by atoms with Crippen LogP contribution in [0.1, 0.15) is 11.3 Å². The molecule has 0 bridgehead atoms. The lowest BCUT2D eigenvalue weighted by molar-refractivity contribution is 0.430. The van der Waals surface area contributed by atoms with Gasteiger partial charge in [-0.05, 0) is 30.4 Å². The number of hydrogen-bond donors (Lipinski definition) is 2. The van der Waals surface area contributed by atoms with Crippen molar-refractivity contribution in [2.75, 3.05) is 0 Å². The molecule has 1 aliphatic heterocycles. The number of nitrogens with zero attached hydrogens (tertiary/aromatic N) is 3. The first-order chi connectivity index (χ1) is 8.66. The molecule has 0 aromatic carbocycles. The molecule has 0 aliphatic carbocycles. The monoisotopic (exact) mass is 258 g/mol. The van der Waals surface area contributed by atoms with Crippen molar-refractivity contribution < 1.29 is 5.11 Å². The number of hydrogen-bond acceptors (Lipinski definition) is 4. The summed E-state index contributed by atoms with van der Waals surface area (Å²) in [5, 5.41) is 9.89. The molecule has 0 unspecified atom stereocenters. The van der Waals surface area contributed by atoms with Gasteiger partial charge in [-0.15, -0.1) is 0 Å². The van der Waals surface area contributed by atoms with Gasteiger partial charge < -0.3 is 10.1 Å². The fourth-order valence-electron chi connectivity index (χ4n) is 1.83. The minimum atomic E-state index is 0.109. The molecule has 0 saturated heterocycles. The predicted octanol–water partition coefficient (Wildman–Crippen LogP) is 2.44. The molecule has 18 heavy (non-hydrogen) atoms. The van der Waals surface area contributed by atoms with E-state index >= 15 is 0 Å². The fraction of sp³-hybridized carbons (Fsp3) is 0.0833. The van der Waals surface area contributed by atoms with E-state index in [1.54, 1.807) is 19.5 Å². The SMILES string of the molecule is Cn1c(O)c(C=C2C=Nc3ncccc32)[nH]c1=S. The van der Waals surface area contributed by atoms with Crippen LogP contribution in [-0.2, 0) is 7.05 Å². The van der Waals surface area contributed by atoms with Gasteiger partial charge in [0.05, 0.1) is 0 Å². The average molecular weight is 258 g/mol. The molecule has 3 heterocycles. The van der Waals surface area contributed by atoms with Crippen LogP contribution in [0.2, 0.25) is 0 Å². The van der Waals surface area contributed by atoms with E-state index in [1.165, 1.54) is 4.57 Å². The number of fused-ring (bicyclic) bond motifs is 1. The van der Waals surface area contributed by atoms with Crippen molar-refractivity contribution in [1.29, 1.82) is 0 Å². The van der Waals surface area contributed by atoms with Gasteiger partial charge in [0.2, 0.25) is 5.88 Å².